The fourth-order valence-electron chi connectivity index (χ4n) is 0.896. The van der Waals surface area contributed by atoms with Crippen LogP contribution in [0.15, 0.2) is 0 Å². The Labute approximate surface area is 82.1 Å². The van der Waals surface area contributed by atoms with Crippen LogP contribution < -0.4 is 5.73 Å². The summed E-state index contributed by atoms with van der Waals surface area (Å²) in [7, 11) is 0. The molecule has 5 heteroatoms. The van der Waals surface area contributed by atoms with Gasteiger partial charge in [-0.15, -0.1) is 0 Å². The summed E-state index contributed by atoms with van der Waals surface area (Å²) in [6.45, 7) is 1.03. The highest BCUT2D eigenvalue weighted by Gasteiger charge is 2.25. The molecule has 0 aliphatic carbocycles. The van der Waals surface area contributed by atoms with Gasteiger partial charge < -0.3 is 15.2 Å². The number of ether oxygens (including phenoxy) is 2. The second-order valence-corrected chi connectivity index (χ2v) is 3.97. The van der Waals surface area contributed by atoms with E-state index in [-0.39, 0.29) is 12.1 Å². The van der Waals surface area contributed by atoms with E-state index in [1.54, 1.807) is 11.8 Å². The Morgan fingerprint density at radius 1 is 1.77 bits per heavy atom. The van der Waals surface area contributed by atoms with E-state index >= 15 is 0 Å². The van der Waals surface area contributed by atoms with Crippen molar-refractivity contribution in [3.8, 4) is 0 Å². The van der Waals surface area contributed by atoms with Crippen molar-refractivity contribution in [2.24, 2.45) is 5.73 Å². The maximum Gasteiger partial charge on any atom is 0.323 e. The number of carbonyl (C=O) groups is 1. The molecule has 0 aromatic heterocycles. The maximum atomic E-state index is 11.2. The summed E-state index contributed by atoms with van der Waals surface area (Å²) in [5, 5.41) is 0. The SMILES string of the molecule is CSCC[C@@H](N)C(=O)OC1COC1. The predicted molar refractivity (Wildman–Crippen MR) is 51.7 cm³/mol. The number of hydrogen-bond acceptors (Lipinski definition) is 5. The molecule has 1 saturated heterocycles. The zero-order valence-electron chi connectivity index (χ0n) is 7.69. The Balaban J connectivity index is 2.13. The molecule has 1 heterocycles. The minimum absolute atomic E-state index is 0.0622. The van der Waals surface area contributed by atoms with Gasteiger partial charge >= 0.3 is 5.97 Å². The molecule has 0 aromatic rings. The normalized spacial score (nSPS) is 19.2. The Hall–Kier alpha value is -0.260. The summed E-state index contributed by atoms with van der Waals surface area (Å²) in [5.41, 5.74) is 5.60. The molecule has 0 spiro atoms. The van der Waals surface area contributed by atoms with Crippen molar-refractivity contribution in [3.05, 3.63) is 0 Å². The standard InChI is InChI=1S/C8H15NO3S/c1-13-3-2-7(9)8(10)12-6-4-11-5-6/h6-7H,2-5,9H2,1H3/t7-/m1/s1. The van der Waals surface area contributed by atoms with E-state index in [1.165, 1.54) is 0 Å². The molecule has 0 radical (unpaired) electrons. The zero-order valence-corrected chi connectivity index (χ0v) is 8.51. The lowest BCUT2D eigenvalue weighted by molar-refractivity contribution is -0.173. The van der Waals surface area contributed by atoms with Crippen molar-refractivity contribution in [1.29, 1.82) is 0 Å². The molecule has 0 bridgehead atoms. The van der Waals surface area contributed by atoms with Crippen LogP contribution in [0.5, 0.6) is 0 Å². The van der Waals surface area contributed by atoms with E-state index in [2.05, 4.69) is 0 Å². The average molecular weight is 205 g/mol. The van der Waals surface area contributed by atoms with Crippen LogP contribution in [0.1, 0.15) is 6.42 Å². The molecular formula is C8H15NO3S. The number of thioether (sulfide) groups is 1. The average Bonchev–Trinajstić information content (AvgIpc) is 2.06. The molecule has 1 fully saturated rings. The van der Waals surface area contributed by atoms with Crippen molar-refractivity contribution in [2.45, 2.75) is 18.6 Å². The number of rotatable bonds is 5. The van der Waals surface area contributed by atoms with Crippen LogP contribution in [0.3, 0.4) is 0 Å². The van der Waals surface area contributed by atoms with Crippen LogP contribution in [-0.2, 0) is 14.3 Å². The van der Waals surface area contributed by atoms with E-state index in [0.717, 1.165) is 5.75 Å². The minimum Gasteiger partial charge on any atom is -0.456 e. The van der Waals surface area contributed by atoms with Gasteiger partial charge in [0.1, 0.15) is 12.1 Å². The van der Waals surface area contributed by atoms with Crippen molar-refractivity contribution in [2.75, 3.05) is 25.2 Å². The molecule has 13 heavy (non-hydrogen) atoms. The molecule has 0 saturated carbocycles. The highest BCUT2D eigenvalue weighted by molar-refractivity contribution is 7.98. The monoisotopic (exact) mass is 205 g/mol. The van der Waals surface area contributed by atoms with Gasteiger partial charge in [0.15, 0.2) is 0 Å². The Bertz CT molecular complexity index is 173. The van der Waals surface area contributed by atoms with Gasteiger partial charge in [0, 0.05) is 0 Å². The molecule has 4 nitrogen and oxygen atoms in total. The third kappa shape index (κ3) is 3.54. The Morgan fingerprint density at radius 3 is 2.92 bits per heavy atom. The minimum atomic E-state index is -0.479. The second-order valence-electron chi connectivity index (χ2n) is 2.98. The zero-order chi connectivity index (χ0) is 9.68. The predicted octanol–water partition coefficient (Wildman–Crippen LogP) is 0.00880. The number of hydrogen-bond donors (Lipinski definition) is 1. The lowest BCUT2D eigenvalue weighted by Gasteiger charge is -2.26. The molecule has 1 rings (SSSR count). The van der Waals surface area contributed by atoms with E-state index in [4.69, 9.17) is 15.2 Å². The summed E-state index contributed by atoms with van der Waals surface area (Å²) in [4.78, 5) is 11.2. The maximum absolute atomic E-state index is 11.2. The van der Waals surface area contributed by atoms with Gasteiger partial charge in [0.05, 0.1) is 13.2 Å². The van der Waals surface area contributed by atoms with E-state index in [0.29, 0.717) is 19.6 Å². The van der Waals surface area contributed by atoms with Crippen LogP contribution in [0.2, 0.25) is 0 Å². The van der Waals surface area contributed by atoms with Crippen molar-refractivity contribution in [1.82, 2.24) is 0 Å². The topological polar surface area (TPSA) is 61.6 Å². The first-order chi connectivity index (χ1) is 6.24. The molecule has 0 aromatic carbocycles. The number of carbonyl (C=O) groups excluding carboxylic acids is 1. The molecule has 2 N–H and O–H groups in total. The fraction of sp³-hybridized carbons (Fsp3) is 0.875. The van der Waals surface area contributed by atoms with Gasteiger partial charge in [0.2, 0.25) is 0 Å². The smallest absolute Gasteiger partial charge is 0.323 e. The van der Waals surface area contributed by atoms with Crippen LogP contribution in [-0.4, -0.2) is 43.3 Å². The highest BCUT2D eigenvalue weighted by Crippen LogP contribution is 2.08. The van der Waals surface area contributed by atoms with E-state index in [1.807, 2.05) is 6.26 Å². The summed E-state index contributed by atoms with van der Waals surface area (Å²) in [5.74, 6) is 0.583. The van der Waals surface area contributed by atoms with Crippen LogP contribution in [0, 0.1) is 0 Å². The summed E-state index contributed by atoms with van der Waals surface area (Å²) < 4.78 is 9.92. The van der Waals surface area contributed by atoms with Gasteiger partial charge in [-0.05, 0) is 18.4 Å². The third-order valence-corrected chi connectivity index (χ3v) is 2.47. The van der Waals surface area contributed by atoms with Gasteiger partial charge in [-0.2, -0.15) is 11.8 Å². The lowest BCUT2D eigenvalue weighted by atomic mass is 10.2. The first kappa shape index (κ1) is 10.8. The van der Waals surface area contributed by atoms with Crippen molar-refractivity contribution in [3.63, 3.8) is 0 Å². The quantitative estimate of drug-likeness (QED) is 0.641. The molecular weight excluding hydrogens is 190 g/mol. The third-order valence-electron chi connectivity index (χ3n) is 1.83. The van der Waals surface area contributed by atoms with Gasteiger partial charge in [-0.1, -0.05) is 0 Å². The molecule has 76 valence electrons. The van der Waals surface area contributed by atoms with Crippen LogP contribution in [0.25, 0.3) is 0 Å². The van der Waals surface area contributed by atoms with Gasteiger partial charge in [-0.25, -0.2) is 0 Å². The summed E-state index contributed by atoms with van der Waals surface area (Å²) >= 11 is 1.67. The van der Waals surface area contributed by atoms with Crippen LogP contribution in [0.4, 0.5) is 0 Å². The fourth-order valence-corrected chi connectivity index (χ4v) is 1.39. The lowest BCUT2D eigenvalue weighted by Crippen LogP contribution is -2.43. The largest absolute Gasteiger partial charge is 0.456 e. The Morgan fingerprint density at radius 2 is 2.46 bits per heavy atom. The molecule has 0 amide bonds. The first-order valence-electron chi connectivity index (χ1n) is 4.26. The van der Waals surface area contributed by atoms with Gasteiger partial charge in [-0.3, -0.25) is 4.79 Å². The summed E-state index contributed by atoms with van der Waals surface area (Å²) in [6, 6.07) is -0.479. The highest BCUT2D eigenvalue weighted by atomic mass is 32.2. The molecule has 1 aliphatic rings. The molecule has 1 atom stereocenters. The van der Waals surface area contributed by atoms with Crippen molar-refractivity contribution >= 4 is 17.7 Å². The number of esters is 1. The van der Waals surface area contributed by atoms with E-state index < -0.39 is 6.04 Å². The van der Waals surface area contributed by atoms with Crippen LogP contribution >= 0.6 is 11.8 Å². The number of nitrogens with two attached hydrogens (primary N) is 1. The first-order valence-corrected chi connectivity index (χ1v) is 5.66. The second kappa shape index (κ2) is 5.47. The molecule has 0 unspecified atom stereocenters. The summed E-state index contributed by atoms with van der Waals surface area (Å²) in [6.07, 6.45) is 2.60. The molecule has 1 aliphatic heterocycles. The van der Waals surface area contributed by atoms with Crippen molar-refractivity contribution < 1.29 is 14.3 Å². The van der Waals surface area contributed by atoms with E-state index in [9.17, 15) is 4.79 Å². The Kier molecular flexibility index (Phi) is 4.55. The van der Waals surface area contributed by atoms with Gasteiger partial charge in [0.25, 0.3) is 0 Å².